The second kappa shape index (κ2) is 11.2. The van der Waals surface area contributed by atoms with Gasteiger partial charge in [0.15, 0.2) is 5.96 Å². The molecule has 2 N–H and O–H groups in total. The molecule has 8 nitrogen and oxygen atoms in total. The van der Waals surface area contributed by atoms with Crippen molar-refractivity contribution >= 4 is 35.8 Å². The Morgan fingerprint density at radius 3 is 2.68 bits per heavy atom. The number of guanidine groups is 1. The van der Waals surface area contributed by atoms with Crippen LogP contribution in [0.2, 0.25) is 0 Å². The number of hydrogen-bond acceptors (Lipinski definition) is 4. The summed E-state index contributed by atoms with van der Waals surface area (Å²) in [5.41, 5.74) is 0. The summed E-state index contributed by atoms with van der Waals surface area (Å²) in [5, 5.41) is 10.2. The highest BCUT2D eigenvalue weighted by atomic mass is 127. The van der Waals surface area contributed by atoms with Gasteiger partial charge in [-0.3, -0.25) is 9.48 Å². The van der Waals surface area contributed by atoms with Crippen molar-refractivity contribution in [2.24, 2.45) is 12.0 Å². The minimum Gasteiger partial charge on any atom is -0.356 e. The van der Waals surface area contributed by atoms with Gasteiger partial charge in [0.25, 0.3) is 0 Å². The molecule has 0 aromatic carbocycles. The Morgan fingerprint density at radius 2 is 2.14 bits per heavy atom. The zero-order valence-corrected chi connectivity index (χ0v) is 16.0. The number of amides is 1. The van der Waals surface area contributed by atoms with Gasteiger partial charge in [-0.05, 0) is 6.42 Å². The molecule has 0 saturated carbocycles. The maximum Gasteiger partial charge on any atom is 0.241 e. The summed E-state index contributed by atoms with van der Waals surface area (Å²) in [6.07, 6.45) is 3.64. The van der Waals surface area contributed by atoms with E-state index in [1.807, 2.05) is 7.05 Å². The molecule has 126 valence electrons. The Bertz CT molecular complexity index is 473. The summed E-state index contributed by atoms with van der Waals surface area (Å²) in [6.45, 7) is 3.57. The van der Waals surface area contributed by atoms with Crippen LogP contribution in [0.15, 0.2) is 11.3 Å². The fourth-order valence-electron chi connectivity index (χ4n) is 1.49. The third-order valence-electron chi connectivity index (χ3n) is 2.91. The molecule has 1 aromatic rings. The van der Waals surface area contributed by atoms with Crippen LogP contribution in [0.3, 0.4) is 0 Å². The number of carbonyl (C=O) groups is 1. The maximum atomic E-state index is 11.6. The van der Waals surface area contributed by atoms with Crippen molar-refractivity contribution in [3.8, 4) is 0 Å². The number of halogens is 1. The minimum atomic E-state index is -0.00125. The largest absolute Gasteiger partial charge is 0.356 e. The molecule has 0 bridgehead atoms. The number of aliphatic imine (C=N–C) groups is 1. The van der Waals surface area contributed by atoms with E-state index in [4.69, 9.17) is 0 Å². The van der Waals surface area contributed by atoms with Crippen LogP contribution >= 0.6 is 24.0 Å². The van der Waals surface area contributed by atoms with E-state index in [9.17, 15) is 4.79 Å². The van der Waals surface area contributed by atoms with Crippen LogP contribution in [0.5, 0.6) is 0 Å². The van der Waals surface area contributed by atoms with Crippen molar-refractivity contribution in [1.82, 2.24) is 30.3 Å². The first-order valence-electron chi connectivity index (χ1n) is 7.09. The number of likely N-dealkylation sites (N-methyl/N-ethyl adjacent to an activating group) is 1. The second-order valence-electron chi connectivity index (χ2n) is 4.89. The van der Waals surface area contributed by atoms with Gasteiger partial charge in [0.2, 0.25) is 5.91 Å². The third kappa shape index (κ3) is 7.57. The van der Waals surface area contributed by atoms with E-state index in [2.05, 4.69) is 32.6 Å². The van der Waals surface area contributed by atoms with Crippen LogP contribution in [0, 0.1) is 0 Å². The molecule has 0 aliphatic heterocycles. The second-order valence-corrected chi connectivity index (χ2v) is 4.89. The van der Waals surface area contributed by atoms with Crippen molar-refractivity contribution in [3.63, 3.8) is 0 Å². The molecule has 9 heteroatoms. The molecule has 0 spiro atoms. The van der Waals surface area contributed by atoms with Crippen molar-refractivity contribution in [2.75, 3.05) is 27.2 Å². The Balaban J connectivity index is 0.00000441. The minimum absolute atomic E-state index is 0. The van der Waals surface area contributed by atoms with E-state index in [-0.39, 0.29) is 36.4 Å². The molecule has 0 atom stereocenters. The van der Waals surface area contributed by atoms with E-state index in [0.29, 0.717) is 12.5 Å². The number of nitrogens with one attached hydrogen (secondary N) is 2. The van der Waals surface area contributed by atoms with Crippen LogP contribution in [-0.2, 0) is 18.4 Å². The summed E-state index contributed by atoms with van der Waals surface area (Å²) in [6, 6.07) is 0. The van der Waals surface area contributed by atoms with Gasteiger partial charge in [-0.2, -0.15) is 5.10 Å². The third-order valence-corrected chi connectivity index (χ3v) is 2.91. The Kier molecular flexibility index (Phi) is 10.5. The topological polar surface area (TPSA) is 87.4 Å². The van der Waals surface area contributed by atoms with Gasteiger partial charge in [-0.1, -0.05) is 13.3 Å². The van der Waals surface area contributed by atoms with Crippen LogP contribution in [0.25, 0.3) is 0 Å². The van der Waals surface area contributed by atoms with E-state index in [0.717, 1.165) is 25.2 Å². The lowest BCUT2D eigenvalue weighted by Gasteiger charge is -2.14. The lowest BCUT2D eigenvalue weighted by molar-refractivity contribution is -0.127. The lowest BCUT2D eigenvalue weighted by atomic mass is 10.3. The van der Waals surface area contributed by atoms with E-state index < -0.39 is 0 Å². The average molecular weight is 423 g/mol. The molecule has 0 unspecified atom stereocenters. The van der Waals surface area contributed by atoms with Crippen LogP contribution in [0.1, 0.15) is 25.6 Å². The van der Waals surface area contributed by atoms with Gasteiger partial charge in [0.05, 0.1) is 6.54 Å². The fraction of sp³-hybridized carbons (Fsp3) is 0.692. The number of aromatic nitrogens is 3. The highest BCUT2D eigenvalue weighted by molar-refractivity contribution is 14.0. The quantitative estimate of drug-likeness (QED) is 0.286. The van der Waals surface area contributed by atoms with Crippen molar-refractivity contribution in [3.05, 3.63) is 12.2 Å². The first-order valence-corrected chi connectivity index (χ1v) is 7.09. The number of hydrogen-bond donors (Lipinski definition) is 2. The average Bonchev–Trinajstić information content (AvgIpc) is 2.86. The zero-order chi connectivity index (χ0) is 15.7. The number of rotatable bonds is 7. The molecule has 1 amide bonds. The summed E-state index contributed by atoms with van der Waals surface area (Å²) in [4.78, 5) is 21.7. The van der Waals surface area contributed by atoms with Crippen LogP contribution < -0.4 is 10.6 Å². The molecule has 22 heavy (non-hydrogen) atoms. The van der Waals surface area contributed by atoms with E-state index >= 15 is 0 Å². The fourth-order valence-corrected chi connectivity index (χ4v) is 1.49. The van der Waals surface area contributed by atoms with Gasteiger partial charge in [-0.15, -0.1) is 24.0 Å². The molecule has 0 fully saturated rings. The molecular weight excluding hydrogens is 397 g/mol. The summed E-state index contributed by atoms with van der Waals surface area (Å²) < 4.78 is 1.68. The molecule has 1 aromatic heterocycles. The summed E-state index contributed by atoms with van der Waals surface area (Å²) in [7, 11) is 5.28. The van der Waals surface area contributed by atoms with Crippen molar-refractivity contribution < 1.29 is 4.79 Å². The van der Waals surface area contributed by atoms with Gasteiger partial charge in [0.1, 0.15) is 18.7 Å². The number of unbranched alkanes of at least 4 members (excludes halogenated alkanes) is 1. The smallest absolute Gasteiger partial charge is 0.241 e. The number of carbonyl (C=O) groups excluding carboxylic acids is 1. The van der Waals surface area contributed by atoms with Crippen LogP contribution in [0.4, 0.5) is 0 Å². The molecule has 1 heterocycles. The molecule has 0 aliphatic carbocycles. The Morgan fingerprint density at radius 1 is 1.41 bits per heavy atom. The predicted molar refractivity (Wildman–Crippen MR) is 97.2 cm³/mol. The molecule has 0 saturated heterocycles. The summed E-state index contributed by atoms with van der Waals surface area (Å²) >= 11 is 0. The zero-order valence-electron chi connectivity index (χ0n) is 13.7. The van der Waals surface area contributed by atoms with Gasteiger partial charge >= 0.3 is 0 Å². The highest BCUT2D eigenvalue weighted by Gasteiger charge is 2.06. The monoisotopic (exact) mass is 423 g/mol. The molecule has 0 radical (unpaired) electrons. The van der Waals surface area contributed by atoms with Crippen molar-refractivity contribution in [1.29, 1.82) is 0 Å². The van der Waals surface area contributed by atoms with Crippen molar-refractivity contribution in [2.45, 2.75) is 26.3 Å². The van der Waals surface area contributed by atoms with Gasteiger partial charge < -0.3 is 15.5 Å². The first-order chi connectivity index (χ1) is 10.0. The van der Waals surface area contributed by atoms with E-state index in [1.54, 1.807) is 23.7 Å². The number of aryl methyl sites for hydroxylation is 1. The standard InChI is InChI=1S/C13H25N7O.HI/c1-5-6-7-14-13(16-9-12(21)19(2)3)15-8-11-17-10-18-20(11)4;/h10H,5-9H2,1-4H3,(H2,14,15,16);1H. The number of nitrogens with zero attached hydrogens (tertiary/aromatic N) is 5. The Hall–Kier alpha value is -1.39. The van der Waals surface area contributed by atoms with Gasteiger partial charge in [-0.25, -0.2) is 9.98 Å². The molecular formula is C13H26IN7O. The highest BCUT2D eigenvalue weighted by Crippen LogP contribution is 1.93. The Labute approximate surface area is 148 Å². The SMILES string of the molecule is CCCCNC(=NCc1ncnn1C)NCC(=O)N(C)C.I. The normalized spacial score (nSPS) is 10.8. The van der Waals surface area contributed by atoms with Gasteiger partial charge in [0, 0.05) is 27.7 Å². The first kappa shape index (κ1) is 20.6. The maximum absolute atomic E-state index is 11.6. The van der Waals surface area contributed by atoms with E-state index in [1.165, 1.54) is 6.33 Å². The predicted octanol–water partition coefficient (Wildman–Crippen LogP) is 0.357. The van der Waals surface area contributed by atoms with Crippen LogP contribution in [-0.4, -0.2) is 58.7 Å². The lowest BCUT2D eigenvalue weighted by Crippen LogP contribution is -2.43. The molecule has 1 rings (SSSR count). The summed E-state index contributed by atoms with van der Waals surface area (Å²) in [5.74, 6) is 1.38. The molecule has 0 aliphatic rings.